The fourth-order valence-electron chi connectivity index (χ4n) is 2.26. The molecule has 1 atom stereocenters. The molecule has 20 heavy (non-hydrogen) atoms. The van der Waals surface area contributed by atoms with E-state index in [9.17, 15) is 4.79 Å². The SMILES string of the molecule is CCNC(=O)C[C@@H](c1ccccc1)c1ccc(Cl)cc1. The first-order valence-electron chi connectivity index (χ1n) is 6.77. The number of amides is 1. The van der Waals surface area contributed by atoms with E-state index in [1.165, 1.54) is 0 Å². The van der Waals surface area contributed by atoms with Crippen molar-refractivity contribution in [2.75, 3.05) is 6.54 Å². The van der Waals surface area contributed by atoms with Crippen LogP contribution in [0.2, 0.25) is 5.02 Å². The van der Waals surface area contributed by atoms with Gasteiger partial charge < -0.3 is 5.32 Å². The molecule has 2 rings (SSSR count). The summed E-state index contributed by atoms with van der Waals surface area (Å²) < 4.78 is 0. The Balaban J connectivity index is 2.29. The Labute approximate surface area is 124 Å². The highest BCUT2D eigenvalue weighted by molar-refractivity contribution is 6.30. The molecule has 2 aromatic carbocycles. The Morgan fingerprint density at radius 1 is 1.05 bits per heavy atom. The zero-order valence-electron chi connectivity index (χ0n) is 11.5. The van der Waals surface area contributed by atoms with Gasteiger partial charge in [-0.3, -0.25) is 4.79 Å². The summed E-state index contributed by atoms with van der Waals surface area (Å²) in [5, 5.41) is 3.57. The highest BCUT2D eigenvalue weighted by Gasteiger charge is 2.17. The molecule has 0 saturated carbocycles. The normalized spacial score (nSPS) is 11.9. The van der Waals surface area contributed by atoms with Crippen LogP contribution in [0, 0.1) is 0 Å². The Bertz CT molecular complexity index is 551. The van der Waals surface area contributed by atoms with Crippen molar-refractivity contribution in [1.82, 2.24) is 5.32 Å². The molecule has 3 heteroatoms. The van der Waals surface area contributed by atoms with Crippen molar-refractivity contribution < 1.29 is 4.79 Å². The molecule has 0 saturated heterocycles. The molecular weight excluding hydrogens is 270 g/mol. The second kappa shape index (κ2) is 7.11. The zero-order chi connectivity index (χ0) is 14.4. The maximum absolute atomic E-state index is 11.9. The van der Waals surface area contributed by atoms with Crippen LogP contribution >= 0.6 is 11.6 Å². The van der Waals surface area contributed by atoms with Gasteiger partial charge in [-0.2, -0.15) is 0 Å². The van der Waals surface area contributed by atoms with Gasteiger partial charge in [-0.15, -0.1) is 0 Å². The second-order valence-electron chi connectivity index (χ2n) is 4.67. The van der Waals surface area contributed by atoms with Crippen molar-refractivity contribution in [3.05, 3.63) is 70.7 Å². The van der Waals surface area contributed by atoms with Crippen LogP contribution in [0.25, 0.3) is 0 Å². The van der Waals surface area contributed by atoms with Gasteiger partial charge in [0.05, 0.1) is 0 Å². The number of nitrogens with one attached hydrogen (secondary N) is 1. The van der Waals surface area contributed by atoms with Crippen LogP contribution in [0.5, 0.6) is 0 Å². The number of rotatable bonds is 5. The Kier molecular flexibility index (Phi) is 5.19. The van der Waals surface area contributed by atoms with Crippen molar-refractivity contribution in [3.63, 3.8) is 0 Å². The van der Waals surface area contributed by atoms with Crippen LogP contribution in [0.1, 0.15) is 30.4 Å². The summed E-state index contributed by atoms with van der Waals surface area (Å²) in [6.07, 6.45) is 0.444. The van der Waals surface area contributed by atoms with Crippen LogP contribution < -0.4 is 5.32 Å². The lowest BCUT2D eigenvalue weighted by Crippen LogP contribution is -2.24. The van der Waals surface area contributed by atoms with Crippen LogP contribution in [0.3, 0.4) is 0 Å². The summed E-state index contributed by atoms with van der Waals surface area (Å²) in [5.74, 6) is 0.122. The summed E-state index contributed by atoms with van der Waals surface area (Å²) in [5.41, 5.74) is 2.24. The van der Waals surface area contributed by atoms with E-state index in [-0.39, 0.29) is 11.8 Å². The second-order valence-corrected chi connectivity index (χ2v) is 5.11. The van der Waals surface area contributed by atoms with Crippen LogP contribution in [-0.4, -0.2) is 12.5 Å². The van der Waals surface area contributed by atoms with Crippen molar-refractivity contribution in [2.45, 2.75) is 19.3 Å². The van der Waals surface area contributed by atoms with E-state index in [1.807, 2.05) is 49.4 Å². The minimum Gasteiger partial charge on any atom is -0.356 e. The largest absolute Gasteiger partial charge is 0.356 e. The maximum Gasteiger partial charge on any atom is 0.220 e. The molecule has 0 spiro atoms. The Hall–Kier alpha value is -1.80. The van der Waals surface area contributed by atoms with Gasteiger partial charge in [-0.25, -0.2) is 0 Å². The van der Waals surface area contributed by atoms with E-state index < -0.39 is 0 Å². The smallest absolute Gasteiger partial charge is 0.220 e. The average molecular weight is 288 g/mol. The van der Waals surface area contributed by atoms with E-state index in [0.717, 1.165) is 11.1 Å². The zero-order valence-corrected chi connectivity index (χ0v) is 12.2. The van der Waals surface area contributed by atoms with Gasteiger partial charge in [0.2, 0.25) is 5.91 Å². The highest BCUT2D eigenvalue weighted by atomic mass is 35.5. The summed E-state index contributed by atoms with van der Waals surface area (Å²) in [6, 6.07) is 17.8. The minimum absolute atomic E-state index is 0.0556. The molecule has 0 radical (unpaired) electrons. The third-order valence-electron chi connectivity index (χ3n) is 3.24. The van der Waals surface area contributed by atoms with Crippen LogP contribution in [-0.2, 0) is 4.79 Å². The molecule has 0 aliphatic heterocycles. The Morgan fingerprint density at radius 3 is 2.25 bits per heavy atom. The molecule has 0 fully saturated rings. The number of hydrogen-bond acceptors (Lipinski definition) is 1. The van der Waals surface area contributed by atoms with Crippen LogP contribution in [0.15, 0.2) is 54.6 Å². The van der Waals surface area contributed by atoms with E-state index in [2.05, 4.69) is 17.4 Å². The third-order valence-corrected chi connectivity index (χ3v) is 3.49. The number of benzene rings is 2. The average Bonchev–Trinajstić information content (AvgIpc) is 2.47. The van der Waals surface area contributed by atoms with Gasteiger partial charge in [0.15, 0.2) is 0 Å². The van der Waals surface area contributed by atoms with E-state index >= 15 is 0 Å². The Morgan fingerprint density at radius 2 is 1.65 bits per heavy atom. The van der Waals surface area contributed by atoms with Gasteiger partial charge in [0.25, 0.3) is 0 Å². The van der Waals surface area contributed by atoms with Crippen molar-refractivity contribution in [1.29, 1.82) is 0 Å². The highest BCUT2D eigenvalue weighted by Crippen LogP contribution is 2.28. The lowest BCUT2D eigenvalue weighted by atomic mass is 9.88. The number of carbonyl (C=O) groups is 1. The third kappa shape index (κ3) is 3.84. The maximum atomic E-state index is 11.9. The summed E-state index contributed by atoms with van der Waals surface area (Å²) >= 11 is 5.94. The standard InChI is InChI=1S/C17H18ClNO/c1-2-19-17(20)12-16(13-6-4-3-5-7-13)14-8-10-15(18)11-9-14/h3-11,16H,2,12H2,1H3,(H,19,20)/t16-/m0/s1. The molecule has 1 amide bonds. The molecule has 1 N–H and O–H groups in total. The molecule has 0 heterocycles. The van der Waals surface area contributed by atoms with Gasteiger partial charge in [-0.05, 0) is 30.2 Å². The predicted molar refractivity (Wildman–Crippen MR) is 83.0 cm³/mol. The van der Waals surface area contributed by atoms with Crippen molar-refractivity contribution in [3.8, 4) is 0 Å². The molecule has 0 bridgehead atoms. The van der Waals surface area contributed by atoms with Gasteiger partial charge in [0.1, 0.15) is 0 Å². The first-order chi connectivity index (χ1) is 9.70. The quantitative estimate of drug-likeness (QED) is 0.885. The first kappa shape index (κ1) is 14.6. The monoisotopic (exact) mass is 287 g/mol. The van der Waals surface area contributed by atoms with E-state index in [0.29, 0.717) is 18.0 Å². The fraction of sp³-hybridized carbons (Fsp3) is 0.235. The molecule has 2 aromatic rings. The summed E-state index contributed by atoms with van der Waals surface area (Å²) in [4.78, 5) is 11.9. The minimum atomic E-state index is 0.0556. The molecular formula is C17H18ClNO. The number of carbonyl (C=O) groups excluding carboxylic acids is 1. The summed E-state index contributed by atoms with van der Waals surface area (Å²) in [6.45, 7) is 2.58. The molecule has 0 aliphatic rings. The van der Waals surface area contributed by atoms with Crippen molar-refractivity contribution >= 4 is 17.5 Å². The number of halogens is 1. The van der Waals surface area contributed by atoms with E-state index in [1.54, 1.807) is 0 Å². The molecule has 2 nitrogen and oxygen atoms in total. The molecule has 104 valence electrons. The molecule has 0 aromatic heterocycles. The lowest BCUT2D eigenvalue weighted by molar-refractivity contribution is -0.121. The fourth-order valence-corrected chi connectivity index (χ4v) is 2.39. The van der Waals surface area contributed by atoms with Crippen molar-refractivity contribution in [2.24, 2.45) is 0 Å². The van der Waals surface area contributed by atoms with Crippen LogP contribution in [0.4, 0.5) is 0 Å². The first-order valence-corrected chi connectivity index (χ1v) is 7.15. The molecule has 0 unspecified atom stereocenters. The van der Waals surface area contributed by atoms with Gasteiger partial charge >= 0.3 is 0 Å². The van der Waals surface area contributed by atoms with Gasteiger partial charge in [0, 0.05) is 23.9 Å². The summed E-state index contributed by atoms with van der Waals surface area (Å²) in [7, 11) is 0. The lowest BCUT2D eigenvalue weighted by Gasteiger charge is -2.17. The predicted octanol–water partition coefficient (Wildman–Crippen LogP) is 4.00. The topological polar surface area (TPSA) is 29.1 Å². The van der Waals surface area contributed by atoms with Gasteiger partial charge in [-0.1, -0.05) is 54.1 Å². The molecule has 0 aliphatic carbocycles. The van der Waals surface area contributed by atoms with E-state index in [4.69, 9.17) is 11.6 Å². The number of hydrogen-bond donors (Lipinski definition) is 1.